The molecule has 0 aliphatic rings. The monoisotopic (exact) mass is 313 g/mol. The summed E-state index contributed by atoms with van der Waals surface area (Å²) in [4.78, 5) is 12.4. The summed E-state index contributed by atoms with van der Waals surface area (Å²) < 4.78 is 0. The van der Waals surface area contributed by atoms with Gasteiger partial charge in [0.25, 0.3) is 0 Å². The molecule has 0 saturated carbocycles. The zero-order valence-electron chi connectivity index (χ0n) is 14.5. The highest BCUT2D eigenvalue weighted by atomic mass is 16.4. The summed E-state index contributed by atoms with van der Waals surface area (Å²) in [6, 6.07) is 0. The van der Waals surface area contributed by atoms with Crippen LogP contribution in [0.2, 0.25) is 0 Å². The van der Waals surface area contributed by atoms with E-state index in [1.54, 1.807) is 0 Å². The first-order chi connectivity index (χ1) is 10.6. The lowest BCUT2D eigenvalue weighted by atomic mass is 10.1. The molecule has 0 spiro atoms. The van der Waals surface area contributed by atoms with Crippen molar-refractivity contribution in [2.45, 2.75) is 90.7 Å². The molecule has 0 aromatic carbocycles. The molecule has 0 bridgehead atoms. The molecule has 4 heteroatoms. The number of allylic oxidation sites excluding steroid dienone is 2. The zero-order chi connectivity index (χ0) is 16.6. The largest absolute Gasteiger partial charge is 0.465 e. The molecule has 22 heavy (non-hydrogen) atoms. The number of carboxylic acid groups (broad SMARTS) is 1. The van der Waals surface area contributed by atoms with Crippen LogP contribution in [0.1, 0.15) is 84.5 Å². The van der Waals surface area contributed by atoms with Crippen molar-refractivity contribution in [3.05, 3.63) is 12.2 Å². The molecule has 0 fully saturated rings. The van der Waals surface area contributed by atoms with Gasteiger partial charge in [0.2, 0.25) is 0 Å². The number of hydrogen-bond acceptors (Lipinski definition) is 2. The number of rotatable bonds is 14. The Bertz CT molecular complexity index is 292. The van der Waals surface area contributed by atoms with Gasteiger partial charge in [-0.2, -0.15) is 0 Å². The van der Waals surface area contributed by atoms with E-state index in [-0.39, 0.29) is 0 Å². The fourth-order valence-corrected chi connectivity index (χ4v) is 2.52. The summed E-state index contributed by atoms with van der Waals surface area (Å²) in [7, 11) is 0. The average molecular weight is 313 g/mol. The van der Waals surface area contributed by atoms with Crippen molar-refractivity contribution in [2.75, 3.05) is 6.54 Å². The summed E-state index contributed by atoms with van der Waals surface area (Å²) in [5.74, 6) is 0. The van der Waals surface area contributed by atoms with Gasteiger partial charge in [-0.3, -0.25) is 4.90 Å². The van der Waals surface area contributed by atoms with Crippen LogP contribution < -0.4 is 0 Å². The number of amides is 1. The van der Waals surface area contributed by atoms with Crippen molar-refractivity contribution in [1.29, 1.82) is 0 Å². The molecule has 130 valence electrons. The van der Waals surface area contributed by atoms with Crippen LogP contribution in [0.15, 0.2) is 12.2 Å². The molecule has 0 aliphatic heterocycles. The minimum absolute atomic E-state index is 0.444. The van der Waals surface area contributed by atoms with E-state index < -0.39 is 12.3 Å². The topological polar surface area (TPSA) is 60.8 Å². The van der Waals surface area contributed by atoms with E-state index >= 15 is 0 Å². The Labute approximate surface area is 136 Å². The highest BCUT2D eigenvalue weighted by molar-refractivity contribution is 5.65. The van der Waals surface area contributed by atoms with Crippen LogP contribution in [0.4, 0.5) is 4.79 Å². The second-order valence-electron chi connectivity index (χ2n) is 5.93. The highest BCUT2D eigenvalue weighted by Gasteiger charge is 2.19. The van der Waals surface area contributed by atoms with Crippen LogP contribution in [0, 0.1) is 0 Å². The zero-order valence-corrected chi connectivity index (χ0v) is 14.5. The molecule has 0 rings (SSSR count). The Kier molecular flexibility index (Phi) is 14.2. The van der Waals surface area contributed by atoms with Crippen LogP contribution in [-0.2, 0) is 0 Å². The summed E-state index contributed by atoms with van der Waals surface area (Å²) in [5, 5.41) is 19.2. The maximum absolute atomic E-state index is 11.2. The number of hydrogen-bond donors (Lipinski definition) is 2. The molecule has 4 nitrogen and oxygen atoms in total. The maximum atomic E-state index is 11.2. The molecule has 0 aromatic rings. The molecule has 0 radical (unpaired) electrons. The van der Waals surface area contributed by atoms with Gasteiger partial charge < -0.3 is 10.2 Å². The third-order valence-corrected chi connectivity index (χ3v) is 3.93. The second kappa shape index (κ2) is 14.9. The summed E-state index contributed by atoms with van der Waals surface area (Å²) in [6.07, 6.45) is 13.7. The fraction of sp³-hybridized carbons (Fsp3) is 0.833. The predicted octanol–water partition coefficient (Wildman–Crippen LogP) is 5.17. The SMILES string of the molecule is CC=CCCCCCCCN(C(=O)O)C(O)CCCCCC. The van der Waals surface area contributed by atoms with Gasteiger partial charge in [-0.05, 0) is 39.0 Å². The number of carbonyl (C=O) groups is 1. The van der Waals surface area contributed by atoms with Crippen LogP contribution in [0.25, 0.3) is 0 Å². The van der Waals surface area contributed by atoms with Gasteiger partial charge >= 0.3 is 6.09 Å². The Morgan fingerprint density at radius 1 is 1.05 bits per heavy atom. The second-order valence-corrected chi connectivity index (χ2v) is 5.93. The van der Waals surface area contributed by atoms with E-state index in [0.29, 0.717) is 13.0 Å². The summed E-state index contributed by atoms with van der Waals surface area (Å²) in [5.41, 5.74) is 0. The lowest BCUT2D eigenvalue weighted by Crippen LogP contribution is -2.40. The fourth-order valence-electron chi connectivity index (χ4n) is 2.52. The Morgan fingerprint density at radius 2 is 1.68 bits per heavy atom. The minimum Gasteiger partial charge on any atom is -0.465 e. The summed E-state index contributed by atoms with van der Waals surface area (Å²) in [6.45, 7) is 4.62. The minimum atomic E-state index is -1.00. The van der Waals surface area contributed by atoms with Gasteiger partial charge in [0.1, 0.15) is 6.23 Å². The quantitative estimate of drug-likeness (QED) is 0.264. The van der Waals surface area contributed by atoms with Crippen LogP contribution in [0.5, 0.6) is 0 Å². The molecular weight excluding hydrogens is 278 g/mol. The Balaban J connectivity index is 3.77. The Hall–Kier alpha value is -1.03. The van der Waals surface area contributed by atoms with E-state index in [1.807, 2.05) is 6.92 Å². The van der Waals surface area contributed by atoms with Gasteiger partial charge in [-0.15, -0.1) is 0 Å². The van der Waals surface area contributed by atoms with E-state index in [2.05, 4.69) is 19.1 Å². The smallest absolute Gasteiger partial charge is 0.409 e. The molecule has 0 aliphatic carbocycles. The molecular formula is C18H35NO3. The van der Waals surface area contributed by atoms with E-state index in [0.717, 1.165) is 51.4 Å². The maximum Gasteiger partial charge on any atom is 0.409 e. The molecule has 2 N–H and O–H groups in total. The third kappa shape index (κ3) is 11.6. The van der Waals surface area contributed by atoms with Crippen molar-refractivity contribution < 1.29 is 15.0 Å². The first-order valence-electron chi connectivity index (χ1n) is 8.92. The van der Waals surface area contributed by atoms with Crippen LogP contribution in [0.3, 0.4) is 0 Å². The average Bonchev–Trinajstić information content (AvgIpc) is 2.49. The van der Waals surface area contributed by atoms with E-state index in [1.165, 1.54) is 17.7 Å². The van der Waals surface area contributed by atoms with Crippen LogP contribution >= 0.6 is 0 Å². The lowest BCUT2D eigenvalue weighted by molar-refractivity contribution is 0.00453. The van der Waals surface area contributed by atoms with Crippen molar-refractivity contribution >= 4 is 6.09 Å². The van der Waals surface area contributed by atoms with Crippen molar-refractivity contribution in [3.63, 3.8) is 0 Å². The van der Waals surface area contributed by atoms with Crippen molar-refractivity contribution in [3.8, 4) is 0 Å². The van der Waals surface area contributed by atoms with E-state index in [9.17, 15) is 15.0 Å². The number of nitrogens with zero attached hydrogens (tertiary/aromatic N) is 1. The first kappa shape index (κ1) is 21.0. The van der Waals surface area contributed by atoms with Gasteiger partial charge in [0.05, 0.1) is 0 Å². The van der Waals surface area contributed by atoms with Crippen molar-refractivity contribution in [1.82, 2.24) is 4.90 Å². The van der Waals surface area contributed by atoms with Gasteiger partial charge in [0, 0.05) is 6.54 Å². The van der Waals surface area contributed by atoms with Crippen LogP contribution in [-0.4, -0.2) is 34.0 Å². The number of aliphatic hydroxyl groups is 1. The van der Waals surface area contributed by atoms with Gasteiger partial charge in [-0.25, -0.2) is 4.79 Å². The highest BCUT2D eigenvalue weighted by Crippen LogP contribution is 2.12. The van der Waals surface area contributed by atoms with Gasteiger partial charge in [-0.1, -0.05) is 57.6 Å². The Morgan fingerprint density at radius 3 is 2.32 bits per heavy atom. The normalized spacial score (nSPS) is 12.7. The molecule has 1 unspecified atom stereocenters. The third-order valence-electron chi connectivity index (χ3n) is 3.93. The lowest BCUT2D eigenvalue weighted by Gasteiger charge is -2.25. The molecule has 0 heterocycles. The predicted molar refractivity (Wildman–Crippen MR) is 92.0 cm³/mol. The first-order valence-corrected chi connectivity index (χ1v) is 8.92. The molecule has 0 aromatic heterocycles. The summed E-state index contributed by atoms with van der Waals surface area (Å²) >= 11 is 0. The standard InChI is InChI=1S/C18H35NO3/c1-3-5-7-9-10-11-12-14-16-19(18(21)22)17(20)15-13-8-6-4-2/h3,5,17,20H,4,6-16H2,1-2H3,(H,21,22). The number of aliphatic hydroxyl groups excluding tert-OH is 1. The molecule has 1 atom stereocenters. The molecule has 1 amide bonds. The van der Waals surface area contributed by atoms with Gasteiger partial charge in [0.15, 0.2) is 0 Å². The number of unbranched alkanes of at least 4 members (excludes halogenated alkanes) is 8. The van der Waals surface area contributed by atoms with E-state index in [4.69, 9.17) is 0 Å². The molecule has 0 saturated heterocycles. The van der Waals surface area contributed by atoms with Crippen molar-refractivity contribution in [2.24, 2.45) is 0 Å².